The van der Waals surface area contributed by atoms with Gasteiger partial charge in [0.25, 0.3) is 0 Å². The van der Waals surface area contributed by atoms with Gasteiger partial charge >= 0.3 is 5.97 Å². The van der Waals surface area contributed by atoms with Crippen LogP contribution in [0.25, 0.3) is 0 Å². The molecule has 0 spiro atoms. The Morgan fingerprint density at radius 1 is 1.30 bits per heavy atom. The lowest BCUT2D eigenvalue weighted by atomic mass is 9.86. The van der Waals surface area contributed by atoms with Crippen molar-refractivity contribution in [2.24, 2.45) is 5.92 Å². The molecule has 1 aliphatic carbocycles. The van der Waals surface area contributed by atoms with Crippen molar-refractivity contribution in [2.45, 2.75) is 42.9 Å². The number of sulfonamides is 1. The number of rotatable bonds is 4. The maximum absolute atomic E-state index is 12.2. The highest BCUT2D eigenvalue weighted by molar-refractivity contribution is 7.91. The lowest BCUT2D eigenvalue weighted by Crippen LogP contribution is -2.38. The van der Waals surface area contributed by atoms with Crippen molar-refractivity contribution in [3.05, 3.63) is 17.0 Å². The molecule has 1 N–H and O–H groups in total. The summed E-state index contributed by atoms with van der Waals surface area (Å²) in [4.78, 5) is 12.4. The zero-order valence-electron chi connectivity index (χ0n) is 11.6. The lowest BCUT2D eigenvalue weighted by molar-refractivity contribution is -0.146. The molecule has 0 bridgehead atoms. The SMILES string of the molecule is COC(=O)C1CCC(NS(=O)(=O)c2ccc(C)s2)CC1. The number of esters is 1. The van der Waals surface area contributed by atoms with E-state index >= 15 is 0 Å². The van der Waals surface area contributed by atoms with Crippen LogP contribution in [0, 0.1) is 12.8 Å². The van der Waals surface area contributed by atoms with E-state index < -0.39 is 10.0 Å². The second-order valence-corrected chi connectivity index (χ2v) is 8.29. The summed E-state index contributed by atoms with van der Waals surface area (Å²) in [5, 5.41) is 0. The summed E-state index contributed by atoms with van der Waals surface area (Å²) in [6.07, 6.45) is 2.68. The maximum Gasteiger partial charge on any atom is 0.308 e. The van der Waals surface area contributed by atoms with Gasteiger partial charge in [-0.15, -0.1) is 11.3 Å². The molecule has 0 radical (unpaired) electrons. The first-order chi connectivity index (χ1) is 9.42. The second kappa shape index (κ2) is 6.24. The Balaban J connectivity index is 1.94. The van der Waals surface area contributed by atoms with Crippen molar-refractivity contribution in [1.82, 2.24) is 4.72 Å². The normalized spacial score (nSPS) is 23.5. The third-order valence-corrected chi connectivity index (χ3v) is 6.58. The van der Waals surface area contributed by atoms with Gasteiger partial charge in [0, 0.05) is 10.9 Å². The van der Waals surface area contributed by atoms with E-state index in [1.165, 1.54) is 18.4 Å². The lowest BCUT2D eigenvalue weighted by Gasteiger charge is -2.27. The van der Waals surface area contributed by atoms with Crippen LogP contribution in [0.4, 0.5) is 0 Å². The van der Waals surface area contributed by atoms with Gasteiger partial charge in [-0.05, 0) is 44.7 Å². The third kappa shape index (κ3) is 3.59. The zero-order valence-corrected chi connectivity index (χ0v) is 13.2. The van der Waals surface area contributed by atoms with E-state index in [0.717, 1.165) is 4.88 Å². The standard InChI is InChI=1S/C13H19NO4S2/c1-9-3-8-12(19-9)20(16,17)14-11-6-4-10(5-7-11)13(15)18-2/h3,8,10-11,14H,4-7H2,1-2H3. The van der Waals surface area contributed by atoms with Gasteiger partial charge in [-0.25, -0.2) is 13.1 Å². The first-order valence-corrected chi connectivity index (χ1v) is 8.89. The van der Waals surface area contributed by atoms with Crippen LogP contribution in [-0.4, -0.2) is 27.5 Å². The molecular weight excluding hydrogens is 298 g/mol. The van der Waals surface area contributed by atoms with Crippen molar-refractivity contribution in [1.29, 1.82) is 0 Å². The van der Waals surface area contributed by atoms with Gasteiger partial charge in [-0.1, -0.05) is 0 Å². The van der Waals surface area contributed by atoms with Gasteiger partial charge in [0.1, 0.15) is 4.21 Å². The van der Waals surface area contributed by atoms with Crippen molar-refractivity contribution < 1.29 is 17.9 Å². The second-order valence-electron chi connectivity index (χ2n) is 5.06. The fourth-order valence-electron chi connectivity index (χ4n) is 2.45. The Morgan fingerprint density at radius 3 is 2.45 bits per heavy atom. The molecule has 1 aromatic heterocycles. The minimum Gasteiger partial charge on any atom is -0.469 e. The number of hydrogen-bond acceptors (Lipinski definition) is 5. The third-order valence-electron chi connectivity index (χ3n) is 3.56. The monoisotopic (exact) mass is 317 g/mol. The summed E-state index contributed by atoms with van der Waals surface area (Å²) < 4.78 is 32.2. The molecule has 0 aromatic carbocycles. The highest BCUT2D eigenvalue weighted by atomic mass is 32.2. The molecule has 0 aliphatic heterocycles. The van der Waals surface area contributed by atoms with E-state index in [1.54, 1.807) is 12.1 Å². The first kappa shape index (κ1) is 15.5. The van der Waals surface area contributed by atoms with E-state index in [9.17, 15) is 13.2 Å². The summed E-state index contributed by atoms with van der Waals surface area (Å²) in [6.45, 7) is 1.88. The largest absolute Gasteiger partial charge is 0.469 e. The summed E-state index contributed by atoms with van der Waals surface area (Å²) in [7, 11) is -2.04. The maximum atomic E-state index is 12.2. The Bertz CT molecular complexity index is 571. The van der Waals surface area contributed by atoms with Gasteiger partial charge < -0.3 is 4.74 Å². The number of nitrogens with one attached hydrogen (secondary N) is 1. The number of hydrogen-bond donors (Lipinski definition) is 1. The Kier molecular flexibility index (Phi) is 4.82. The van der Waals surface area contributed by atoms with E-state index in [4.69, 9.17) is 4.74 Å². The molecule has 1 aromatic rings. The van der Waals surface area contributed by atoms with Crippen molar-refractivity contribution >= 4 is 27.3 Å². The average Bonchev–Trinajstić information content (AvgIpc) is 2.86. The van der Waals surface area contributed by atoms with E-state index in [-0.39, 0.29) is 17.9 Å². The van der Waals surface area contributed by atoms with Gasteiger partial charge in [0.15, 0.2) is 0 Å². The van der Waals surface area contributed by atoms with Gasteiger partial charge in [0.05, 0.1) is 13.0 Å². The highest BCUT2D eigenvalue weighted by Gasteiger charge is 2.29. The average molecular weight is 317 g/mol. The number of methoxy groups -OCH3 is 1. The van der Waals surface area contributed by atoms with Crippen LogP contribution in [-0.2, 0) is 19.6 Å². The molecule has 112 valence electrons. The molecule has 0 unspecified atom stereocenters. The highest BCUT2D eigenvalue weighted by Crippen LogP contribution is 2.27. The van der Waals surface area contributed by atoms with Gasteiger partial charge in [-0.2, -0.15) is 0 Å². The Morgan fingerprint density at radius 2 is 1.95 bits per heavy atom. The summed E-state index contributed by atoms with van der Waals surface area (Å²) in [5.41, 5.74) is 0. The molecule has 0 amide bonds. The number of aryl methyl sites for hydroxylation is 1. The van der Waals surface area contributed by atoms with Crippen LogP contribution in [0.5, 0.6) is 0 Å². The van der Waals surface area contributed by atoms with Gasteiger partial charge in [0.2, 0.25) is 10.0 Å². The molecule has 20 heavy (non-hydrogen) atoms. The predicted octanol–water partition coefficient (Wildman–Crippen LogP) is 2.07. The number of thiophene rings is 1. The van der Waals surface area contributed by atoms with Crippen LogP contribution < -0.4 is 4.72 Å². The number of carbonyl (C=O) groups is 1. The molecule has 2 rings (SSSR count). The van der Waals surface area contributed by atoms with Crippen molar-refractivity contribution in [2.75, 3.05) is 7.11 Å². The molecule has 5 nitrogen and oxygen atoms in total. The quantitative estimate of drug-likeness (QED) is 0.863. The van der Waals surface area contributed by atoms with Crippen molar-refractivity contribution in [3.63, 3.8) is 0 Å². The zero-order chi connectivity index (χ0) is 14.8. The molecule has 1 heterocycles. The van der Waals surface area contributed by atoms with Crippen LogP contribution in [0.1, 0.15) is 30.6 Å². The molecule has 1 fully saturated rings. The number of carbonyl (C=O) groups excluding carboxylic acids is 1. The minimum absolute atomic E-state index is 0.0928. The molecule has 7 heteroatoms. The predicted molar refractivity (Wildman–Crippen MR) is 77.1 cm³/mol. The molecule has 1 saturated carbocycles. The number of ether oxygens (including phenoxy) is 1. The van der Waals surface area contributed by atoms with Crippen LogP contribution in [0.2, 0.25) is 0 Å². The minimum atomic E-state index is -3.43. The molecular formula is C13H19NO4S2. The topological polar surface area (TPSA) is 72.5 Å². The molecule has 0 atom stereocenters. The Hall–Kier alpha value is -0.920. The summed E-state index contributed by atoms with van der Waals surface area (Å²) in [6, 6.07) is 3.33. The van der Waals surface area contributed by atoms with Crippen molar-refractivity contribution in [3.8, 4) is 0 Å². The fraction of sp³-hybridized carbons (Fsp3) is 0.615. The molecule has 0 saturated heterocycles. The van der Waals surface area contributed by atoms with Crippen LogP contribution in [0.3, 0.4) is 0 Å². The smallest absolute Gasteiger partial charge is 0.308 e. The Labute approximate surface area is 123 Å². The fourth-order valence-corrected chi connectivity index (χ4v) is 5.05. The van der Waals surface area contributed by atoms with Crippen LogP contribution in [0.15, 0.2) is 16.3 Å². The van der Waals surface area contributed by atoms with Crippen LogP contribution >= 0.6 is 11.3 Å². The molecule has 1 aliphatic rings. The van der Waals surface area contributed by atoms with E-state index in [0.29, 0.717) is 29.9 Å². The van der Waals surface area contributed by atoms with E-state index in [2.05, 4.69) is 4.72 Å². The summed E-state index contributed by atoms with van der Waals surface area (Å²) in [5.74, 6) is -0.287. The summed E-state index contributed by atoms with van der Waals surface area (Å²) >= 11 is 1.27. The first-order valence-electron chi connectivity index (χ1n) is 6.59. The van der Waals surface area contributed by atoms with E-state index in [1.807, 2.05) is 6.92 Å². The van der Waals surface area contributed by atoms with Gasteiger partial charge in [-0.3, -0.25) is 4.79 Å².